The minimum absolute atomic E-state index is 0.310. The number of rotatable bonds is 4. The molecule has 0 heterocycles. The molecule has 0 N–H and O–H groups in total. The van der Waals surface area contributed by atoms with Gasteiger partial charge in [-0.3, -0.25) is 4.79 Å². The highest BCUT2D eigenvalue weighted by atomic mass is 16.5. The molecule has 0 amide bonds. The summed E-state index contributed by atoms with van der Waals surface area (Å²) in [5.74, 6) is 5.24. The van der Waals surface area contributed by atoms with Gasteiger partial charge in [-0.1, -0.05) is 20.8 Å². The Morgan fingerprint density at radius 2 is 1.69 bits per heavy atom. The predicted molar refractivity (Wildman–Crippen MR) is 106 cm³/mol. The number of hydrogen-bond donors (Lipinski definition) is 0. The van der Waals surface area contributed by atoms with Gasteiger partial charge in [0.25, 0.3) is 0 Å². The van der Waals surface area contributed by atoms with Crippen LogP contribution in [0.2, 0.25) is 0 Å². The van der Waals surface area contributed by atoms with Gasteiger partial charge in [0.2, 0.25) is 0 Å². The summed E-state index contributed by atoms with van der Waals surface area (Å²) in [5.41, 5.74) is 0.867. The molecule has 4 fully saturated rings. The molecule has 0 aromatic heterocycles. The van der Waals surface area contributed by atoms with Crippen LogP contribution in [0.15, 0.2) is 0 Å². The maximum Gasteiger partial charge on any atom is 0.136 e. The number of ketones is 1. The van der Waals surface area contributed by atoms with E-state index in [1.807, 2.05) is 7.11 Å². The van der Waals surface area contributed by atoms with Gasteiger partial charge in [-0.25, -0.2) is 0 Å². The molecule has 26 heavy (non-hydrogen) atoms. The SMILES string of the molecule is CCC(=O)C1CCC2C3CCC4CC(COC)CCC4(C)C3CCC12C. The molecule has 4 rings (SSSR count). The normalized spacial score (nSPS) is 50.6. The molecular formula is C24H40O2. The highest BCUT2D eigenvalue weighted by molar-refractivity contribution is 5.81. The van der Waals surface area contributed by atoms with E-state index in [0.717, 1.165) is 42.6 Å². The van der Waals surface area contributed by atoms with Gasteiger partial charge in [-0.15, -0.1) is 0 Å². The summed E-state index contributed by atoms with van der Waals surface area (Å²) in [4.78, 5) is 12.6. The van der Waals surface area contributed by atoms with Crippen molar-refractivity contribution in [3.8, 4) is 0 Å². The largest absolute Gasteiger partial charge is 0.384 e. The van der Waals surface area contributed by atoms with Gasteiger partial charge < -0.3 is 4.74 Å². The van der Waals surface area contributed by atoms with Crippen LogP contribution in [-0.4, -0.2) is 19.5 Å². The zero-order chi connectivity index (χ0) is 18.5. The molecule has 2 nitrogen and oxygen atoms in total. The van der Waals surface area contributed by atoms with Crippen molar-refractivity contribution in [2.45, 2.75) is 85.0 Å². The fourth-order valence-corrected chi connectivity index (χ4v) is 8.51. The molecule has 0 saturated heterocycles. The Balaban J connectivity index is 1.54. The van der Waals surface area contributed by atoms with E-state index in [-0.39, 0.29) is 0 Å². The number of hydrogen-bond acceptors (Lipinski definition) is 2. The molecule has 4 aliphatic rings. The van der Waals surface area contributed by atoms with Gasteiger partial charge in [0.05, 0.1) is 0 Å². The molecule has 4 saturated carbocycles. The van der Waals surface area contributed by atoms with Crippen molar-refractivity contribution in [2.24, 2.45) is 46.3 Å². The number of fused-ring (bicyclic) bond motifs is 5. The van der Waals surface area contributed by atoms with Gasteiger partial charge in [-0.05, 0) is 98.2 Å². The topological polar surface area (TPSA) is 26.3 Å². The van der Waals surface area contributed by atoms with Crippen molar-refractivity contribution in [3.05, 3.63) is 0 Å². The summed E-state index contributed by atoms with van der Waals surface area (Å²) in [6.45, 7) is 8.16. The average molecular weight is 361 g/mol. The van der Waals surface area contributed by atoms with Crippen molar-refractivity contribution < 1.29 is 9.53 Å². The second-order valence-corrected chi connectivity index (χ2v) is 10.7. The van der Waals surface area contributed by atoms with Gasteiger partial charge in [-0.2, -0.15) is 0 Å². The van der Waals surface area contributed by atoms with E-state index in [4.69, 9.17) is 4.74 Å². The summed E-state index contributed by atoms with van der Waals surface area (Å²) in [6.07, 6.45) is 12.9. The van der Waals surface area contributed by atoms with Crippen LogP contribution in [0.5, 0.6) is 0 Å². The van der Waals surface area contributed by atoms with E-state index >= 15 is 0 Å². The second kappa shape index (κ2) is 6.90. The number of methoxy groups -OCH3 is 1. The average Bonchev–Trinajstić information content (AvgIpc) is 2.99. The summed E-state index contributed by atoms with van der Waals surface area (Å²) >= 11 is 0. The molecule has 0 aromatic rings. The van der Waals surface area contributed by atoms with Crippen LogP contribution in [0, 0.1) is 46.3 Å². The van der Waals surface area contributed by atoms with E-state index in [0.29, 0.717) is 22.5 Å². The van der Waals surface area contributed by atoms with Gasteiger partial charge in [0.15, 0.2) is 0 Å². The Bertz CT molecular complexity index is 542. The number of ether oxygens (including phenoxy) is 1. The lowest BCUT2D eigenvalue weighted by Crippen LogP contribution is -2.54. The van der Waals surface area contributed by atoms with Crippen LogP contribution in [0.1, 0.15) is 85.0 Å². The predicted octanol–water partition coefficient (Wildman–Crippen LogP) is 5.89. The first-order chi connectivity index (χ1) is 12.4. The van der Waals surface area contributed by atoms with Crippen molar-refractivity contribution in [1.29, 1.82) is 0 Å². The Morgan fingerprint density at radius 1 is 0.962 bits per heavy atom. The summed E-state index contributed by atoms with van der Waals surface area (Å²) in [5, 5.41) is 0. The highest BCUT2D eigenvalue weighted by Crippen LogP contribution is 2.67. The quantitative estimate of drug-likeness (QED) is 0.625. The molecule has 0 spiro atoms. The van der Waals surface area contributed by atoms with Gasteiger partial charge in [0, 0.05) is 26.1 Å². The molecular weight excluding hydrogens is 320 g/mol. The summed E-state index contributed by atoms with van der Waals surface area (Å²) in [6, 6.07) is 0. The zero-order valence-corrected chi connectivity index (χ0v) is 17.6. The lowest BCUT2D eigenvalue weighted by Gasteiger charge is -2.61. The van der Waals surface area contributed by atoms with Crippen LogP contribution in [0.25, 0.3) is 0 Å². The lowest BCUT2D eigenvalue weighted by molar-refractivity contribution is -0.137. The minimum atomic E-state index is 0.310. The molecule has 0 aliphatic heterocycles. The van der Waals surface area contributed by atoms with E-state index < -0.39 is 0 Å². The Labute approximate surface area is 160 Å². The third-order valence-corrected chi connectivity index (χ3v) is 9.91. The number of carbonyl (C=O) groups excluding carboxylic acids is 1. The Kier molecular flexibility index (Phi) is 5.04. The Morgan fingerprint density at radius 3 is 2.42 bits per heavy atom. The third kappa shape index (κ3) is 2.73. The summed E-state index contributed by atoms with van der Waals surface area (Å²) < 4.78 is 5.48. The molecule has 8 atom stereocenters. The van der Waals surface area contributed by atoms with E-state index in [2.05, 4.69) is 20.8 Å². The maximum absolute atomic E-state index is 12.6. The minimum Gasteiger partial charge on any atom is -0.384 e. The van der Waals surface area contributed by atoms with Crippen molar-refractivity contribution >= 4 is 5.78 Å². The molecule has 148 valence electrons. The second-order valence-electron chi connectivity index (χ2n) is 10.7. The number of Topliss-reactive ketones (excluding diaryl/α,β-unsaturated/α-hetero) is 1. The van der Waals surface area contributed by atoms with Crippen LogP contribution in [0.4, 0.5) is 0 Å². The van der Waals surface area contributed by atoms with Gasteiger partial charge in [0.1, 0.15) is 5.78 Å². The Hall–Kier alpha value is -0.370. The molecule has 2 heteroatoms. The van der Waals surface area contributed by atoms with Crippen molar-refractivity contribution in [1.82, 2.24) is 0 Å². The molecule has 8 unspecified atom stereocenters. The van der Waals surface area contributed by atoms with E-state index in [9.17, 15) is 4.79 Å². The fourth-order valence-electron chi connectivity index (χ4n) is 8.51. The highest BCUT2D eigenvalue weighted by Gasteiger charge is 2.60. The molecule has 0 aromatic carbocycles. The molecule has 0 bridgehead atoms. The van der Waals surface area contributed by atoms with Crippen molar-refractivity contribution in [2.75, 3.05) is 13.7 Å². The maximum atomic E-state index is 12.6. The first-order valence-corrected chi connectivity index (χ1v) is 11.5. The van der Waals surface area contributed by atoms with Gasteiger partial charge >= 0.3 is 0 Å². The first kappa shape index (κ1) is 19.0. The van der Waals surface area contributed by atoms with Crippen molar-refractivity contribution in [3.63, 3.8) is 0 Å². The summed E-state index contributed by atoms with van der Waals surface area (Å²) in [7, 11) is 1.86. The van der Waals surface area contributed by atoms with Crippen LogP contribution >= 0.6 is 0 Å². The monoisotopic (exact) mass is 360 g/mol. The molecule has 0 radical (unpaired) electrons. The third-order valence-electron chi connectivity index (χ3n) is 9.91. The van der Waals surface area contributed by atoms with Crippen LogP contribution in [-0.2, 0) is 9.53 Å². The van der Waals surface area contributed by atoms with E-state index in [1.54, 1.807) is 0 Å². The fraction of sp³-hybridized carbons (Fsp3) is 0.958. The molecule has 4 aliphatic carbocycles. The van der Waals surface area contributed by atoms with E-state index in [1.165, 1.54) is 57.8 Å². The standard InChI is InChI=1S/C24H40O2/c1-5-22(25)21-9-8-19-18-7-6-17-14-16(15-26-4)10-12-23(17,2)20(18)11-13-24(19,21)3/h16-21H,5-15H2,1-4H3. The van der Waals surface area contributed by atoms with Crippen LogP contribution < -0.4 is 0 Å². The zero-order valence-electron chi connectivity index (χ0n) is 17.6. The van der Waals surface area contributed by atoms with Crippen LogP contribution in [0.3, 0.4) is 0 Å². The number of carbonyl (C=O) groups is 1. The first-order valence-electron chi connectivity index (χ1n) is 11.5. The smallest absolute Gasteiger partial charge is 0.136 e. The lowest BCUT2D eigenvalue weighted by atomic mass is 9.44.